The standard InChI is InChI=1S/C16H20ClN3O2S/c1-3-4-9-18-13-5-8-16(19-11-13)20-23(21,22)14-6-7-15(17)12(2)10-14/h5-8,10-11,18H,3-4,9H2,1-2H3,(H,19,20). The second-order valence-corrected chi connectivity index (χ2v) is 7.32. The number of benzene rings is 1. The first-order valence-corrected chi connectivity index (χ1v) is 9.27. The summed E-state index contributed by atoms with van der Waals surface area (Å²) in [7, 11) is -3.68. The van der Waals surface area contributed by atoms with Crippen molar-refractivity contribution < 1.29 is 8.42 Å². The van der Waals surface area contributed by atoms with Gasteiger partial charge in [-0.15, -0.1) is 0 Å². The van der Waals surface area contributed by atoms with Gasteiger partial charge in [0.05, 0.1) is 16.8 Å². The maximum absolute atomic E-state index is 12.4. The van der Waals surface area contributed by atoms with Gasteiger partial charge in [-0.05, 0) is 49.2 Å². The molecule has 0 fully saturated rings. The van der Waals surface area contributed by atoms with Crippen LogP contribution in [0.3, 0.4) is 0 Å². The van der Waals surface area contributed by atoms with Crippen LogP contribution in [0.25, 0.3) is 0 Å². The van der Waals surface area contributed by atoms with Gasteiger partial charge in [-0.3, -0.25) is 4.72 Å². The molecule has 2 rings (SSSR count). The van der Waals surface area contributed by atoms with Crippen molar-refractivity contribution in [3.05, 3.63) is 47.1 Å². The van der Waals surface area contributed by atoms with Gasteiger partial charge in [0.25, 0.3) is 10.0 Å². The van der Waals surface area contributed by atoms with E-state index in [9.17, 15) is 8.42 Å². The van der Waals surface area contributed by atoms with Gasteiger partial charge in [-0.1, -0.05) is 24.9 Å². The van der Waals surface area contributed by atoms with Gasteiger partial charge in [0, 0.05) is 11.6 Å². The molecule has 0 unspecified atom stereocenters. The van der Waals surface area contributed by atoms with E-state index in [1.165, 1.54) is 12.1 Å². The fourth-order valence-electron chi connectivity index (χ4n) is 1.95. The minimum atomic E-state index is -3.68. The van der Waals surface area contributed by atoms with Crippen LogP contribution >= 0.6 is 11.6 Å². The highest BCUT2D eigenvalue weighted by molar-refractivity contribution is 7.92. The van der Waals surface area contributed by atoms with E-state index in [0.29, 0.717) is 10.6 Å². The zero-order chi connectivity index (χ0) is 16.9. The van der Waals surface area contributed by atoms with Crippen LogP contribution in [0.5, 0.6) is 0 Å². The molecule has 0 aliphatic carbocycles. The van der Waals surface area contributed by atoms with Crippen LogP contribution in [-0.4, -0.2) is 19.9 Å². The summed E-state index contributed by atoms with van der Waals surface area (Å²) < 4.78 is 27.2. The number of hydrogen-bond acceptors (Lipinski definition) is 4. The van der Waals surface area contributed by atoms with E-state index in [0.717, 1.165) is 25.1 Å². The van der Waals surface area contributed by atoms with Crippen molar-refractivity contribution in [2.45, 2.75) is 31.6 Å². The Kier molecular flexibility index (Phi) is 5.85. The van der Waals surface area contributed by atoms with E-state index >= 15 is 0 Å². The number of nitrogens with zero attached hydrogens (tertiary/aromatic N) is 1. The predicted octanol–water partition coefficient (Wildman–Crippen LogP) is 4.06. The van der Waals surface area contributed by atoms with Crippen LogP contribution < -0.4 is 10.0 Å². The largest absolute Gasteiger partial charge is 0.384 e. The Morgan fingerprint density at radius 2 is 2.00 bits per heavy atom. The summed E-state index contributed by atoms with van der Waals surface area (Å²) in [5.41, 5.74) is 1.57. The average Bonchev–Trinajstić information content (AvgIpc) is 2.51. The van der Waals surface area contributed by atoms with Crippen LogP contribution in [0.4, 0.5) is 11.5 Å². The summed E-state index contributed by atoms with van der Waals surface area (Å²) in [6, 6.07) is 8.01. The third kappa shape index (κ3) is 4.84. The molecule has 1 aromatic heterocycles. The molecule has 0 aliphatic rings. The Balaban J connectivity index is 2.09. The van der Waals surface area contributed by atoms with E-state index in [1.54, 1.807) is 31.3 Å². The van der Waals surface area contributed by atoms with Gasteiger partial charge in [0.1, 0.15) is 5.82 Å². The first kappa shape index (κ1) is 17.6. The van der Waals surface area contributed by atoms with E-state index in [-0.39, 0.29) is 10.7 Å². The van der Waals surface area contributed by atoms with E-state index < -0.39 is 10.0 Å². The second kappa shape index (κ2) is 7.66. The summed E-state index contributed by atoms with van der Waals surface area (Å²) in [6.45, 7) is 4.75. The summed E-state index contributed by atoms with van der Waals surface area (Å²) >= 11 is 5.93. The Bertz CT molecular complexity index is 761. The zero-order valence-electron chi connectivity index (χ0n) is 13.1. The summed E-state index contributed by atoms with van der Waals surface area (Å²) in [6.07, 6.45) is 3.80. The number of pyridine rings is 1. The molecule has 0 aliphatic heterocycles. The number of unbranched alkanes of at least 4 members (excludes halogenated alkanes) is 1. The SMILES string of the molecule is CCCCNc1ccc(NS(=O)(=O)c2ccc(Cl)c(C)c2)nc1. The number of aryl methyl sites for hydroxylation is 1. The van der Waals surface area contributed by atoms with Crippen molar-refractivity contribution in [1.82, 2.24) is 4.98 Å². The third-order valence-corrected chi connectivity index (χ3v) is 5.08. The van der Waals surface area contributed by atoms with Gasteiger partial charge in [-0.2, -0.15) is 0 Å². The van der Waals surface area contributed by atoms with Crippen molar-refractivity contribution in [3.8, 4) is 0 Å². The van der Waals surface area contributed by atoms with Crippen molar-refractivity contribution in [3.63, 3.8) is 0 Å². The predicted molar refractivity (Wildman–Crippen MR) is 94.6 cm³/mol. The Morgan fingerprint density at radius 3 is 2.61 bits per heavy atom. The smallest absolute Gasteiger partial charge is 0.263 e. The van der Waals surface area contributed by atoms with Gasteiger partial charge in [0.15, 0.2) is 0 Å². The fourth-order valence-corrected chi connectivity index (χ4v) is 3.16. The summed E-state index contributed by atoms with van der Waals surface area (Å²) in [4.78, 5) is 4.29. The number of anilines is 2. The topological polar surface area (TPSA) is 71.1 Å². The van der Waals surface area contributed by atoms with Crippen molar-refractivity contribution in [2.75, 3.05) is 16.6 Å². The van der Waals surface area contributed by atoms with E-state index in [2.05, 4.69) is 21.9 Å². The van der Waals surface area contributed by atoms with Crippen LogP contribution in [0.1, 0.15) is 25.3 Å². The van der Waals surface area contributed by atoms with Gasteiger partial charge in [-0.25, -0.2) is 13.4 Å². The first-order valence-electron chi connectivity index (χ1n) is 7.41. The van der Waals surface area contributed by atoms with Crippen LogP contribution in [0.2, 0.25) is 5.02 Å². The molecule has 2 N–H and O–H groups in total. The number of halogens is 1. The number of hydrogen-bond donors (Lipinski definition) is 2. The monoisotopic (exact) mass is 353 g/mol. The molecular formula is C16H20ClN3O2S. The molecule has 2 aromatic rings. The highest BCUT2D eigenvalue weighted by atomic mass is 35.5. The normalized spacial score (nSPS) is 11.3. The molecule has 0 atom stereocenters. The van der Waals surface area contributed by atoms with Crippen LogP contribution in [-0.2, 0) is 10.0 Å². The molecule has 0 spiro atoms. The van der Waals surface area contributed by atoms with Gasteiger partial charge >= 0.3 is 0 Å². The van der Waals surface area contributed by atoms with Crippen LogP contribution in [0, 0.1) is 6.92 Å². The maximum Gasteiger partial charge on any atom is 0.263 e. The van der Waals surface area contributed by atoms with Crippen molar-refractivity contribution >= 4 is 33.1 Å². The fraction of sp³-hybridized carbons (Fsp3) is 0.312. The van der Waals surface area contributed by atoms with Crippen molar-refractivity contribution in [2.24, 2.45) is 0 Å². The number of nitrogens with one attached hydrogen (secondary N) is 2. The minimum absolute atomic E-state index is 0.159. The number of aromatic nitrogens is 1. The molecule has 124 valence electrons. The lowest BCUT2D eigenvalue weighted by Crippen LogP contribution is -2.14. The molecule has 0 radical (unpaired) electrons. The lowest BCUT2D eigenvalue weighted by atomic mass is 10.2. The average molecular weight is 354 g/mol. The van der Waals surface area contributed by atoms with Gasteiger partial charge < -0.3 is 5.32 Å². The molecule has 23 heavy (non-hydrogen) atoms. The molecule has 0 amide bonds. The molecule has 7 heteroatoms. The zero-order valence-corrected chi connectivity index (χ0v) is 14.7. The van der Waals surface area contributed by atoms with E-state index in [4.69, 9.17) is 11.6 Å². The molecule has 0 bridgehead atoms. The third-order valence-electron chi connectivity index (χ3n) is 3.30. The Labute approximate surface area is 142 Å². The molecule has 5 nitrogen and oxygen atoms in total. The molecule has 1 aromatic carbocycles. The van der Waals surface area contributed by atoms with Gasteiger partial charge in [0.2, 0.25) is 0 Å². The lowest BCUT2D eigenvalue weighted by molar-refractivity contribution is 0.601. The second-order valence-electron chi connectivity index (χ2n) is 5.23. The molecular weight excluding hydrogens is 334 g/mol. The van der Waals surface area contributed by atoms with E-state index in [1.807, 2.05) is 0 Å². The van der Waals surface area contributed by atoms with Crippen LogP contribution in [0.15, 0.2) is 41.4 Å². The minimum Gasteiger partial charge on any atom is -0.384 e. The first-order chi connectivity index (χ1) is 10.9. The highest BCUT2D eigenvalue weighted by Crippen LogP contribution is 2.21. The maximum atomic E-state index is 12.4. The lowest BCUT2D eigenvalue weighted by Gasteiger charge is -2.10. The number of rotatable bonds is 7. The summed E-state index contributed by atoms with van der Waals surface area (Å²) in [5, 5.41) is 3.76. The number of sulfonamides is 1. The molecule has 0 saturated heterocycles. The molecule has 0 saturated carbocycles. The Morgan fingerprint density at radius 1 is 1.22 bits per heavy atom. The Hall–Kier alpha value is -1.79. The highest BCUT2D eigenvalue weighted by Gasteiger charge is 2.15. The quantitative estimate of drug-likeness (QED) is 0.736. The summed E-state index contributed by atoms with van der Waals surface area (Å²) in [5.74, 6) is 0.277. The van der Waals surface area contributed by atoms with Crippen molar-refractivity contribution in [1.29, 1.82) is 0 Å². The molecule has 1 heterocycles.